The number of carbonyl (C=O) groups is 2. The van der Waals surface area contributed by atoms with Gasteiger partial charge in [-0.2, -0.15) is 0 Å². The lowest BCUT2D eigenvalue weighted by Gasteiger charge is -2.35. The number of amides is 2. The van der Waals surface area contributed by atoms with E-state index in [-0.39, 0.29) is 6.61 Å². The van der Waals surface area contributed by atoms with Gasteiger partial charge in [0.05, 0.1) is 6.61 Å². The fourth-order valence-electron chi connectivity index (χ4n) is 2.45. The SMILES string of the molecule is C[C@@H]1CC[C@@H](C(=O)O)N(C(=O)NOCc2ccccc2)C1. The normalized spacial score (nSPS) is 21.9. The zero-order valence-corrected chi connectivity index (χ0v) is 12.0. The van der Waals surface area contributed by atoms with Crippen LogP contribution in [-0.4, -0.2) is 34.6 Å². The number of hydrogen-bond acceptors (Lipinski definition) is 3. The molecule has 1 aliphatic rings. The third-order valence-corrected chi connectivity index (χ3v) is 3.60. The highest BCUT2D eigenvalue weighted by Gasteiger charge is 2.34. The molecule has 1 fully saturated rings. The Bertz CT molecular complexity index is 492. The second kappa shape index (κ2) is 7.08. The zero-order chi connectivity index (χ0) is 15.2. The third-order valence-electron chi connectivity index (χ3n) is 3.60. The van der Waals surface area contributed by atoms with Gasteiger partial charge in [0, 0.05) is 6.54 Å². The van der Waals surface area contributed by atoms with E-state index in [1.165, 1.54) is 4.90 Å². The summed E-state index contributed by atoms with van der Waals surface area (Å²) in [7, 11) is 0. The molecule has 114 valence electrons. The molecule has 0 saturated carbocycles. The second-order valence-electron chi connectivity index (χ2n) is 5.37. The number of carbonyl (C=O) groups excluding carboxylic acids is 1. The van der Waals surface area contributed by atoms with Gasteiger partial charge in [0.25, 0.3) is 0 Å². The average Bonchev–Trinajstić information content (AvgIpc) is 2.47. The fraction of sp³-hybridized carbons (Fsp3) is 0.467. The van der Waals surface area contributed by atoms with E-state index in [4.69, 9.17) is 4.84 Å². The Kier molecular flexibility index (Phi) is 5.16. The van der Waals surface area contributed by atoms with Gasteiger partial charge in [0.2, 0.25) is 0 Å². The summed E-state index contributed by atoms with van der Waals surface area (Å²) in [5.41, 5.74) is 3.26. The van der Waals surface area contributed by atoms with Crippen molar-refractivity contribution in [3.05, 3.63) is 35.9 Å². The molecule has 0 radical (unpaired) electrons. The predicted molar refractivity (Wildman–Crippen MR) is 76.3 cm³/mol. The van der Waals surface area contributed by atoms with Crippen molar-refractivity contribution < 1.29 is 19.5 Å². The van der Waals surface area contributed by atoms with Gasteiger partial charge in [0.1, 0.15) is 6.04 Å². The lowest BCUT2D eigenvalue weighted by Crippen LogP contribution is -2.53. The Morgan fingerprint density at radius 3 is 2.71 bits per heavy atom. The summed E-state index contributed by atoms with van der Waals surface area (Å²) in [5.74, 6) is -0.680. The molecule has 0 unspecified atom stereocenters. The monoisotopic (exact) mass is 292 g/mol. The molecule has 2 atom stereocenters. The van der Waals surface area contributed by atoms with Crippen LogP contribution in [0.15, 0.2) is 30.3 Å². The van der Waals surface area contributed by atoms with Crippen molar-refractivity contribution in [2.24, 2.45) is 5.92 Å². The number of aliphatic carboxylic acids is 1. The Balaban J connectivity index is 1.87. The van der Waals surface area contributed by atoms with Crippen molar-refractivity contribution in [1.29, 1.82) is 0 Å². The molecule has 0 aromatic heterocycles. The minimum absolute atomic E-state index is 0.244. The predicted octanol–water partition coefficient (Wildman–Crippen LogP) is 2.01. The van der Waals surface area contributed by atoms with Gasteiger partial charge < -0.3 is 10.0 Å². The van der Waals surface area contributed by atoms with E-state index in [1.807, 2.05) is 37.3 Å². The number of benzene rings is 1. The first-order valence-corrected chi connectivity index (χ1v) is 7.03. The Labute approximate surface area is 123 Å². The van der Waals surface area contributed by atoms with E-state index < -0.39 is 18.0 Å². The molecule has 2 N–H and O–H groups in total. The van der Waals surface area contributed by atoms with Gasteiger partial charge in [-0.3, -0.25) is 4.84 Å². The zero-order valence-electron chi connectivity index (χ0n) is 12.0. The number of hydrogen-bond donors (Lipinski definition) is 2. The molecule has 6 heteroatoms. The fourth-order valence-corrected chi connectivity index (χ4v) is 2.45. The maximum atomic E-state index is 12.1. The van der Waals surface area contributed by atoms with Crippen LogP contribution < -0.4 is 5.48 Å². The number of likely N-dealkylation sites (tertiary alicyclic amines) is 1. The van der Waals surface area contributed by atoms with Crippen LogP contribution >= 0.6 is 0 Å². The summed E-state index contributed by atoms with van der Waals surface area (Å²) in [6, 6.07) is 8.16. The Hall–Kier alpha value is -2.08. The van der Waals surface area contributed by atoms with E-state index in [1.54, 1.807) is 0 Å². The van der Waals surface area contributed by atoms with Crippen molar-refractivity contribution >= 4 is 12.0 Å². The summed E-state index contributed by atoms with van der Waals surface area (Å²) < 4.78 is 0. The molecule has 1 heterocycles. The molecular formula is C15H20N2O4. The molecule has 0 spiro atoms. The van der Waals surface area contributed by atoms with Crippen molar-refractivity contribution in [2.75, 3.05) is 6.54 Å². The summed E-state index contributed by atoms with van der Waals surface area (Å²) in [5, 5.41) is 9.18. The summed E-state index contributed by atoms with van der Waals surface area (Å²) in [6.07, 6.45) is 1.29. The van der Waals surface area contributed by atoms with Crippen LogP contribution in [-0.2, 0) is 16.2 Å². The minimum Gasteiger partial charge on any atom is -0.480 e. The van der Waals surface area contributed by atoms with Gasteiger partial charge in [-0.05, 0) is 24.3 Å². The van der Waals surface area contributed by atoms with Gasteiger partial charge in [-0.1, -0.05) is 37.3 Å². The third kappa shape index (κ3) is 4.19. The average molecular weight is 292 g/mol. The summed E-state index contributed by atoms with van der Waals surface area (Å²) in [4.78, 5) is 29.8. The highest BCUT2D eigenvalue weighted by atomic mass is 16.7. The molecule has 1 aliphatic heterocycles. The van der Waals surface area contributed by atoms with E-state index in [9.17, 15) is 14.7 Å². The number of rotatable bonds is 4. The topological polar surface area (TPSA) is 78.9 Å². The molecule has 1 saturated heterocycles. The van der Waals surface area contributed by atoms with Gasteiger partial charge >= 0.3 is 12.0 Å². The van der Waals surface area contributed by atoms with E-state index in [0.29, 0.717) is 18.9 Å². The highest BCUT2D eigenvalue weighted by Crippen LogP contribution is 2.21. The minimum atomic E-state index is -0.972. The Morgan fingerprint density at radius 2 is 2.05 bits per heavy atom. The molecule has 2 rings (SSSR count). The number of hydroxylamine groups is 1. The number of nitrogens with one attached hydrogen (secondary N) is 1. The molecule has 6 nitrogen and oxygen atoms in total. The molecule has 2 amide bonds. The summed E-state index contributed by atoms with van der Waals surface area (Å²) in [6.45, 7) is 2.67. The van der Waals surface area contributed by atoms with Crippen molar-refractivity contribution in [3.63, 3.8) is 0 Å². The van der Waals surface area contributed by atoms with Crippen molar-refractivity contribution in [1.82, 2.24) is 10.4 Å². The molecule has 1 aromatic carbocycles. The number of piperidine rings is 1. The van der Waals surface area contributed by atoms with Crippen LogP contribution in [0.4, 0.5) is 4.79 Å². The number of urea groups is 1. The first kappa shape index (κ1) is 15.3. The standard InChI is InChI=1S/C15H20N2O4/c1-11-7-8-13(14(18)19)17(9-11)15(20)16-21-10-12-5-3-2-4-6-12/h2-6,11,13H,7-10H2,1H3,(H,16,20)(H,18,19)/t11-,13+/m1/s1. The maximum Gasteiger partial charge on any atom is 0.342 e. The molecule has 0 aliphatic carbocycles. The summed E-state index contributed by atoms with van der Waals surface area (Å²) >= 11 is 0. The molecule has 1 aromatic rings. The van der Waals surface area contributed by atoms with Crippen molar-refractivity contribution in [2.45, 2.75) is 32.4 Å². The van der Waals surface area contributed by atoms with Crippen LogP contribution in [0.5, 0.6) is 0 Å². The van der Waals surface area contributed by atoms with Crippen molar-refractivity contribution in [3.8, 4) is 0 Å². The number of nitrogens with zero attached hydrogens (tertiary/aromatic N) is 1. The van der Waals surface area contributed by atoms with E-state index >= 15 is 0 Å². The quantitative estimate of drug-likeness (QED) is 0.832. The smallest absolute Gasteiger partial charge is 0.342 e. The number of carboxylic acid groups (broad SMARTS) is 1. The van der Waals surface area contributed by atoms with Crippen LogP contribution in [0.3, 0.4) is 0 Å². The number of carboxylic acids is 1. The molecule has 21 heavy (non-hydrogen) atoms. The van der Waals surface area contributed by atoms with Crippen LogP contribution in [0, 0.1) is 5.92 Å². The van der Waals surface area contributed by atoms with Gasteiger partial charge in [-0.15, -0.1) is 0 Å². The largest absolute Gasteiger partial charge is 0.480 e. The first-order valence-electron chi connectivity index (χ1n) is 7.03. The van der Waals surface area contributed by atoms with Crippen LogP contribution in [0.25, 0.3) is 0 Å². The van der Waals surface area contributed by atoms with Gasteiger partial charge in [0.15, 0.2) is 0 Å². The molecule has 0 bridgehead atoms. The lowest BCUT2D eigenvalue weighted by molar-refractivity contribution is -0.144. The lowest BCUT2D eigenvalue weighted by atomic mass is 9.94. The van der Waals surface area contributed by atoms with E-state index in [2.05, 4.69) is 5.48 Å². The second-order valence-corrected chi connectivity index (χ2v) is 5.37. The highest BCUT2D eigenvalue weighted by molar-refractivity contribution is 5.82. The van der Waals surface area contributed by atoms with Crippen LogP contribution in [0.1, 0.15) is 25.3 Å². The van der Waals surface area contributed by atoms with Gasteiger partial charge in [-0.25, -0.2) is 15.1 Å². The maximum absolute atomic E-state index is 12.1. The van der Waals surface area contributed by atoms with E-state index in [0.717, 1.165) is 12.0 Å². The first-order chi connectivity index (χ1) is 10.1. The van der Waals surface area contributed by atoms with Crippen LogP contribution in [0.2, 0.25) is 0 Å². The molecular weight excluding hydrogens is 272 g/mol. The Morgan fingerprint density at radius 1 is 1.33 bits per heavy atom.